The summed E-state index contributed by atoms with van der Waals surface area (Å²) in [6.45, 7) is 4.71. The monoisotopic (exact) mass is 449 g/mol. The van der Waals surface area contributed by atoms with Crippen LogP contribution < -0.4 is 10.6 Å². The summed E-state index contributed by atoms with van der Waals surface area (Å²) in [5.74, 6) is 2.05. The summed E-state index contributed by atoms with van der Waals surface area (Å²) in [7, 11) is 3.44. The SMILES string of the molecule is CCc1nc2ccccc2n1-c1nc(N2CCOCC2)c2nc(C(=O)N(C)CN)n(C)c2n1. The van der Waals surface area contributed by atoms with Crippen LogP contribution in [-0.2, 0) is 18.2 Å². The van der Waals surface area contributed by atoms with Crippen LogP contribution >= 0.6 is 0 Å². The van der Waals surface area contributed by atoms with Gasteiger partial charge < -0.3 is 24.8 Å². The van der Waals surface area contributed by atoms with Gasteiger partial charge in [-0.05, 0) is 12.1 Å². The predicted octanol–water partition coefficient (Wildman–Crippen LogP) is 1.09. The van der Waals surface area contributed by atoms with Gasteiger partial charge in [0.05, 0.1) is 30.9 Å². The third-order valence-electron chi connectivity index (χ3n) is 5.96. The summed E-state index contributed by atoms with van der Waals surface area (Å²) in [6, 6.07) is 7.94. The van der Waals surface area contributed by atoms with Crippen LogP contribution in [-0.4, -0.2) is 79.9 Å². The summed E-state index contributed by atoms with van der Waals surface area (Å²) >= 11 is 0. The van der Waals surface area contributed by atoms with Crippen molar-refractivity contribution < 1.29 is 9.53 Å². The minimum atomic E-state index is -0.269. The van der Waals surface area contributed by atoms with E-state index in [0.29, 0.717) is 49.2 Å². The highest BCUT2D eigenvalue weighted by atomic mass is 16.5. The number of morpholine rings is 1. The van der Waals surface area contributed by atoms with Gasteiger partial charge in [0.1, 0.15) is 5.82 Å². The van der Waals surface area contributed by atoms with Crippen molar-refractivity contribution >= 4 is 33.9 Å². The normalized spacial score (nSPS) is 14.4. The van der Waals surface area contributed by atoms with Crippen molar-refractivity contribution in [2.75, 3.05) is 44.9 Å². The van der Waals surface area contributed by atoms with Crippen molar-refractivity contribution in [3.8, 4) is 5.95 Å². The zero-order chi connectivity index (χ0) is 23.1. The lowest BCUT2D eigenvalue weighted by molar-refractivity contribution is 0.0783. The lowest BCUT2D eigenvalue weighted by atomic mass is 10.3. The molecule has 172 valence electrons. The molecule has 2 N–H and O–H groups in total. The number of aryl methyl sites for hydroxylation is 2. The van der Waals surface area contributed by atoms with Crippen LogP contribution in [0, 0.1) is 0 Å². The van der Waals surface area contributed by atoms with Gasteiger partial charge in [-0.3, -0.25) is 9.36 Å². The van der Waals surface area contributed by atoms with Gasteiger partial charge in [-0.1, -0.05) is 19.1 Å². The van der Waals surface area contributed by atoms with Crippen molar-refractivity contribution in [3.05, 3.63) is 35.9 Å². The van der Waals surface area contributed by atoms with Crippen LogP contribution in [0.3, 0.4) is 0 Å². The molecular formula is C22H27N9O2. The molecule has 0 spiro atoms. The summed E-state index contributed by atoms with van der Waals surface area (Å²) in [5, 5.41) is 0. The molecule has 1 aliphatic rings. The molecule has 5 rings (SSSR count). The second-order valence-electron chi connectivity index (χ2n) is 8.00. The number of hydrogen-bond acceptors (Lipinski definition) is 8. The predicted molar refractivity (Wildman–Crippen MR) is 124 cm³/mol. The molecule has 0 aliphatic carbocycles. The van der Waals surface area contributed by atoms with Crippen LogP contribution in [0.5, 0.6) is 0 Å². The molecule has 11 heteroatoms. The summed E-state index contributed by atoms with van der Waals surface area (Å²) in [5.41, 5.74) is 8.66. The number of ether oxygens (including phenoxy) is 1. The Hall–Kier alpha value is -3.57. The molecule has 33 heavy (non-hydrogen) atoms. The molecule has 0 atom stereocenters. The minimum Gasteiger partial charge on any atom is -0.378 e. The average Bonchev–Trinajstić information content (AvgIpc) is 3.40. The van der Waals surface area contributed by atoms with Crippen molar-refractivity contribution in [3.63, 3.8) is 0 Å². The van der Waals surface area contributed by atoms with E-state index in [9.17, 15) is 4.79 Å². The van der Waals surface area contributed by atoms with Crippen molar-refractivity contribution in [2.45, 2.75) is 13.3 Å². The lowest BCUT2D eigenvalue weighted by Crippen LogP contribution is -2.37. The maximum atomic E-state index is 12.9. The van der Waals surface area contributed by atoms with Crippen molar-refractivity contribution in [1.82, 2.24) is 34.0 Å². The zero-order valence-corrected chi connectivity index (χ0v) is 19.0. The fraction of sp³-hybridized carbons (Fsp3) is 0.409. The average molecular weight is 450 g/mol. The van der Waals surface area contributed by atoms with Gasteiger partial charge in [0.15, 0.2) is 17.0 Å². The molecular weight excluding hydrogens is 422 g/mol. The maximum absolute atomic E-state index is 12.9. The molecule has 1 saturated heterocycles. The largest absolute Gasteiger partial charge is 0.378 e. The number of anilines is 1. The van der Waals surface area contributed by atoms with Crippen LogP contribution in [0.2, 0.25) is 0 Å². The Balaban J connectivity index is 1.78. The third-order valence-corrected chi connectivity index (χ3v) is 5.96. The van der Waals surface area contributed by atoms with Crippen molar-refractivity contribution in [2.24, 2.45) is 12.8 Å². The molecule has 1 fully saturated rings. The van der Waals surface area contributed by atoms with E-state index < -0.39 is 0 Å². The Labute approximate surface area is 190 Å². The zero-order valence-electron chi connectivity index (χ0n) is 19.0. The molecule has 0 radical (unpaired) electrons. The molecule has 11 nitrogen and oxygen atoms in total. The standard InChI is InChI=1S/C22H27N9O2/c1-4-16-24-14-7-5-6-8-15(14)31(16)22-26-18-17(19(27-22)30-9-11-33-12-10-30)25-20(29(18)3)21(32)28(2)13-23/h5-8H,4,9-13,23H2,1-3H3. The van der Waals surface area contributed by atoms with E-state index >= 15 is 0 Å². The Bertz CT molecular complexity index is 1340. The fourth-order valence-electron chi connectivity index (χ4n) is 4.11. The van der Waals surface area contributed by atoms with E-state index in [0.717, 1.165) is 23.3 Å². The van der Waals surface area contributed by atoms with Crippen LogP contribution in [0.4, 0.5) is 5.82 Å². The first kappa shape index (κ1) is 21.3. The Morgan fingerprint density at radius 1 is 1.15 bits per heavy atom. The number of amides is 1. The highest BCUT2D eigenvalue weighted by Crippen LogP contribution is 2.28. The van der Waals surface area contributed by atoms with E-state index in [1.165, 1.54) is 4.90 Å². The second-order valence-corrected chi connectivity index (χ2v) is 8.00. The van der Waals surface area contributed by atoms with E-state index in [-0.39, 0.29) is 18.4 Å². The number of hydrogen-bond donors (Lipinski definition) is 1. The smallest absolute Gasteiger partial charge is 0.290 e. The summed E-state index contributed by atoms with van der Waals surface area (Å²) < 4.78 is 9.24. The number of imidazole rings is 2. The van der Waals surface area contributed by atoms with Gasteiger partial charge in [0.2, 0.25) is 11.8 Å². The van der Waals surface area contributed by atoms with Gasteiger partial charge in [-0.15, -0.1) is 0 Å². The molecule has 1 aromatic carbocycles. The number of carbonyl (C=O) groups is 1. The molecule has 1 aliphatic heterocycles. The number of para-hydroxylation sites is 2. The van der Waals surface area contributed by atoms with E-state index in [2.05, 4.69) is 16.8 Å². The Kier molecular flexibility index (Phi) is 5.43. The van der Waals surface area contributed by atoms with Crippen LogP contribution in [0.15, 0.2) is 24.3 Å². The molecule has 0 unspecified atom stereocenters. The first-order chi connectivity index (χ1) is 16.0. The van der Waals surface area contributed by atoms with E-state index in [1.807, 2.05) is 28.8 Å². The number of nitrogens with zero attached hydrogens (tertiary/aromatic N) is 8. The van der Waals surface area contributed by atoms with Gasteiger partial charge in [0.25, 0.3) is 5.91 Å². The van der Waals surface area contributed by atoms with Crippen LogP contribution in [0.1, 0.15) is 23.4 Å². The first-order valence-electron chi connectivity index (χ1n) is 11.0. The molecule has 4 heterocycles. The second kappa shape index (κ2) is 8.41. The van der Waals surface area contributed by atoms with Gasteiger partial charge in [-0.2, -0.15) is 9.97 Å². The van der Waals surface area contributed by atoms with Crippen LogP contribution in [0.25, 0.3) is 28.1 Å². The quantitative estimate of drug-likeness (QED) is 0.450. The topological polar surface area (TPSA) is 120 Å². The van der Waals surface area contributed by atoms with E-state index in [4.69, 9.17) is 25.4 Å². The highest BCUT2D eigenvalue weighted by Gasteiger charge is 2.26. The number of rotatable bonds is 5. The Morgan fingerprint density at radius 2 is 1.91 bits per heavy atom. The van der Waals surface area contributed by atoms with Crippen molar-refractivity contribution in [1.29, 1.82) is 0 Å². The Morgan fingerprint density at radius 3 is 2.64 bits per heavy atom. The number of benzene rings is 1. The molecule has 4 aromatic rings. The third kappa shape index (κ3) is 3.49. The van der Waals surface area contributed by atoms with Gasteiger partial charge >= 0.3 is 0 Å². The molecule has 3 aromatic heterocycles. The molecule has 0 saturated carbocycles. The summed E-state index contributed by atoms with van der Waals surface area (Å²) in [6.07, 6.45) is 0.722. The van der Waals surface area contributed by atoms with Gasteiger partial charge in [-0.25, -0.2) is 9.97 Å². The highest BCUT2D eigenvalue weighted by molar-refractivity contribution is 5.96. The lowest BCUT2D eigenvalue weighted by Gasteiger charge is -2.28. The fourth-order valence-corrected chi connectivity index (χ4v) is 4.11. The first-order valence-corrected chi connectivity index (χ1v) is 11.0. The number of fused-ring (bicyclic) bond motifs is 2. The van der Waals surface area contributed by atoms with E-state index in [1.54, 1.807) is 18.7 Å². The summed E-state index contributed by atoms with van der Waals surface area (Å²) in [4.78, 5) is 35.7. The molecule has 0 bridgehead atoms. The number of nitrogens with two attached hydrogens (primary N) is 1. The number of aromatic nitrogens is 6. The maximum Gasteiger partial charge on any atom is 0.290 e. The number of carbonyl (C=O) groups excluding carboxylic acids is 1. The minimum absolute atomic E-state index is 0.0934. The molecule has 1 amide bonds. The van der Waals surface area contributed by atoms with Gasteiger partial charge in [0, 0.05) is 33.6 Å².